The first-order valence-electron chi connectivity index (χ1n) is 7.73. The van der Waals surface area contributed by atoms with E-state index in [-0.39, 0.29) is 5.91 Å². The molecule has 0 radical (unpaired) electrons. The molecule has 26 heavy (non-hydrogen) atoms. The first-order chi connectivity index (χ1) is 12.5. The van der Waals surface area contributed by atoms with Crippen LogP contribution in [0.5, 0.6) is 11.5 Å². The van der Waals surface area contributed by atoms with Crippen molar-refractivity contribution in [1.29, 1.82) is 0 Å². The van der Waals surface area contributed by atoms with Gasteiger partial charge in [0.05, 0.1) is 26.1 Å². The van der Waals surface area contributed by atoms with Crippen LogP contribution < -0.4 is 14.9 Å². The molecule has 0 spiro atoms. The summed E-state index contributed by atoms with van der Waals surface area (Å²) in [5.41, 5.74) is 5.06. The fourth-order valence-electron chi connectivity index (χ4n) is 2.56. The van der Waals surface area contributed by atoms with Crippen LogP contribution in [-0.4, -0.2) is 35.7 Å². The molecule has 0 aliphatic rings. The van der Waals surface area contributed by atoms with Crippen molar-refractivity contribution in [3.8, 4) is 11.5 Å². The maximum Gasteiger partial charge on any atom is 0.290 e. The Morgan fingerprint density at radius 1 is 1.23 bits per heavy atom. The van der Waals surface area contributed by atoms with E-state index in [1.54, 1.807) is 43.9 Å². The molecule has 0 fully saturated rings. The van der Waals surface area contributed by atoms with E-state index in [9.17, 15) is 4.79 Å². The Kier molecular flexibility index (Phi) is 5.22. The topological polar surface area (TPSA) is 77.2 Å². The number of aryl methyl sites for hydroxylation is 1. The van der Waals surface area contributed by atoms with Crippen LogP contribution in [0.15, 0.2) is 46.1 Å². The second kappa shape index (κ2) is 7.57. The lowest BCUT2D eigenvalue weighted by Crippen LogP contribution is -2.20. The van der Waals surface area contributed by atoms with Crippen molar-refractivity contribution < 1.29 is 14.3 Å². The molecule has 1 aromatic carbocycles. The summed E-state index contributed by atoms with van der Waals surface area (Å²) < 4.78 is 13.0. The van der Waals surface area contributed by atoms with Crippen LogP contribution in [0.25, 0.3) is 5.65 Å². The Labute approximate surface area is 158 Å². The zero-order valence-electron chi connectivity index (χ0n) is 14.5. The standard InChI is InChI=1S/C18H17BrN4O3/c1-11-17(23-10-13(19)5-7-16(23)21-11)18(24)22-20-9-12-4-6-14(25-2)15(8-12)26-3/h4-10H,1-3H3,(H,22,24)/b20-9-. The number of nitrogens with one attached hydrogen (secondary N) is 1. The van der Waals surface area contributed by atoms with E-state index >= 15 is 0 Å². The van der Waals surface area contributed by atoms with Crippen LogP contribution >= 0.6 is 15.9 Å². The van der Waals surface area contributed by atoms with Gasteiger partial charge >= 0.3 is 0 Å². The summed E-state index contributed by atoms with van der Waals surface area (Å²) in [5, 5.41) is 4.03. The van der Waals surface area contributed by atoms with E-state index in [4.69, 9.17) is 9.47 Å². The number of hydrogen-bond donors (Lipinski definition) is 1. The Morgan fingerprint density at radius 2 is 2.00 bits per heavy atom. The number of benzene rings is 1. The summed E-state index contributed by atoms with van der Waals surface area (Å²) in [6, 6.07) is 9.06. The van der Waals surface area contributed by atoms with Crippen LogP contribution in [0.3, 0.4) is 0 Å². The number of carbonyl (C=O) groups is 1. The van der Waals surface area contributed by atoms with Gasteiger partial charge in [-0.15, -0.1) is 0 Å². The molecular weight excluding hydrogens is 400 g/mol. The lowest BCUT2D eigenvalue weighted by molar-refractivity contribution is 0.0948. The molecule has 0 unspecified atom stereocenters. The van der Waals surface area contributed by atoms with Gasteiger partial charge in [0.25, 0.3) is 5.91 Å². The van der Waals surface area contributed by atoms with Gasteiger partial charge in [0.15, 0.2) is 11.5 Å². The van der Waals surface area contributed by atoms with Crippen molar-refractivity contribution >= 4 is 33.7 Å². The smallest absolute Gasteiger partial charge is 0.290 e. The van der Waals surface area contributed by atoms with Gasteiger partial charge in [-0.2, -0.15) is 5.10 Å². The predicted octanol–water partition coefficient (Wildman–Crippen LogP) is 3.19. The number of methoxy groups -OCH3 is 2. The molecule has 1 N–H and O–H groups in total. The highest BCUT2D eigenvalue weighted by Crippen LogP contribution is 2.26. The van der Waals surface area contributed by atoms with Gasteiger partial charge in [-0.25, -0.2) is 10.4 Å². The number of imidazole rings is 1. The van der Waals surface area contributed by atoms with Crippen molar-refractivity contribution in [2.45, 2.75) is 6.92 Å². The molecule has 2 aromatic heterocycles. The number of nitrogens with zero attached hydrogens (tertiary/aromatic N) is 3. The molecule has 8 heteroatoms. The van der Waals surface area contributed by atoms with E-state index in [2.05, 4.69) is 31.4 Å². The lowest BCUT2D eigenvalue weighted by atomic mass is 10.2. The fourth-order valence-corrected chi connectivity index (χ4v) is 2.90. The average Bonchev–Trinajstić information content (AvgIpc) is 2.96. The summed E-state index contributed by atoms with van der Waals surface area (Å²) >= 11 is 3.40. The van der Waals surface area contributed by atoms with Crippen LogP contribution in [-0.2, 0) is 0 Å². The van der Waals surface area contributed by atoms with E-state index in [1.165, 1.54) is 6.21 Å². The minimum absolute atomic E-state index is 0.343. The number of hydrogen-bond acceptors (Lipinski definition) is 5. The first kappa shape index (κ1) is 17.9. The van der Waals surface area contributed by atoms with Gasteiger partial charge in [-0.05, 0) is 58.7 Å². The third-order valence-electron chi connectivity index (χ3n) is 3.76. The Bertz CT molecular complexity index is 998. The number of halogens is 1. The monoisotopic (exact) mass is 416 g/mol. The highest BCUT2D eigenvalue weighted by Gasteiger charge is 2.16. The molecule has 1 amide bonds. The van der Waals surface area contributed by atoms with Gasteiger partial charge in [0.2, 0.25) is 0 Å². The van der Waals surface area contributed by atoms with Gasteiger partial charge in [-0.3, -0.25) is 9.20 Å². The minimum atomic E-state index is -0.343. The largest absolute Gasteiger partial charge is 0.493 e. The highest BCUT2D eigenvalue weighted by molar-refractivity contribution is 9.10. The first-order valence-corrected chi connectivity index (χ1v) is 8.52. The molecule has 2 heterocycles. The number of fused-ring (bicyclic) bond motifs is 1. The van der Waals surface area contributed by atoms with Crippen LogP contribution in [0, 0.1) is 6.92 Å². The second-order valence-corrected chi connectivity index (χ2v) is 6.35. The van der Waals surface area contributed by atoms with E-state index in [1.807, 2.05) is 18.2 Å². The van der Waals surface area contributed by atoms with E-state index < -0.39 is 0 Å². The maximum absolute atomic E-state index is 12.5. The van der Waals surface area contributed by atoms with Gasteiger partial charge in [-0.1, -0.05) is 0 Å². The molecule has 7 nitrogen and oxygen atoms in total. The number of aromatic nitrogens is 2. The minimum Gasteiger partial charge on any atom is -0.493 e. The van der Waals surface area contributed by atoms with Gasteiger partial charge in [0.1, 0.15) is 11.3 Å². The quantitative estimate of drug-likeness (QED) is 0.511. The molecule has 3 aromatic rings. The summed E-state index contributed by atoms with van der Waals surface area (Å²) in [6.45, 7) is 1.79. The van der Waals surface area contributed by atoms with Crippen LogP contribution in [0.1, 0.15) is 21.7 Å². The summed E-state index contributed by atoms with van der Waals surface area (Å²) in [4.78, 5) is 16.9. The molecule has 0 saturated heterocycles. The average molecular weight is 417 g/mol. The Balaban J connectivity index is 1.80. The molecule has 0 saturated carbocycles. The van der Waals surface area contributed by atoms with Crippen molar-refractivity contribution in [3.63, 3.8) is 0 Å². The number of amides is 1. The third-order valence-corrected chi connectivity index (χ3v) is 4.23. The summed E-state index contributed by atoms with van der Waals surface area (Å²) in [5.74, 6) is 0.871. The number of pyridine rings is 1. The van der Waals surface area contributed by atoms with E-state index in [0.29, 0.717) is 28.5 Å². The van der Waals surface area contributed by atoms with Crippen molar-refractivity contribution in [3.05, 3.63) is 58.0 Å². The van der Waals surface area contributed by atoms with Crippen LogP contribution in [0.2, 0.25) is 0 Å². The molecule has 0 atom stereocenters. The number of rotatable bonds is 5. The second-order valence-electron chi connectivity index (χ2n) is 5.43. The fraction of sp³-hybridized carbons (Fsp3) is 0.167. The van der Waals surface area contributed by atoms with E-state index in [0.717, 1.165) is 10.0 Å². The SMILES string of the molecule is COc1ccc(/C=N\NC(=O)c2c(C)nc3ccc(Br)cn23)cc1OC. The molecule has 134 valence electrons. The van der Waals surface area contributed by atoms with Crippen LogP contribution in [0.4, 0.5) is 0 Å². The Morgan fingerprint density at radius 3 is 2.73 bits per heavy atom. The summed E-state index contributed by atoms with van der Waals surface area (Å²) in [7, 11) is 3.13. The molecule has 0 bridgehead atoms. The third kappa shape index (κ3) is 3.55. The van der Waals surface area contributed by atoms with Crippen molar-refractivity contribution in [2.75, 3.05) is 14.2 Å². The molecule has 3 rings (SSSR count). The number of hydrazone groups is 1. The maximum atomic E-state index is 12.5. The zero-order valence-corrected chi connectivity index (χ0v) is 16.1. The molecule has 0 aliphatic heterocycles. The predicted molar refractivity (Wildman–Crippen MR) is 102 cm³/mol. The summed E-state index contributed by atoms with van der Waals surface area (Å²) in [6.07, 6.45) is 3.33. The normalized spacial score (nSPS) is 11.1. The number of ether oxygens (including phenoxy) is 2. The van der Waals surface area contributed by atoms with Gasteiger partial charge in [0, 0.05) is 10.7 Å². The lowest BCUT2D eigenvalue weighted by Gasteiger charge is -2.07. The zero-order chi connectivity index (χ0) is 18.7. The van der Waals surface area contributed by atoms with Crippen molar-refractivity contribution in [1.82, 2.24) is 14.8 Å². The highest BCUT2D eigenvalue weighted by atomic mass is 79.9. The number of carbonyl (C=O) groups excluding carboxylic acids is 1. The molecular formula is C18H17BrN4O3. The van der Waals surface area contributed by atoms with Gasteiger partial charge < -0.3 is 9.47 Å². The Hall–Kier alpha value is -2.87. The van der Waals surface area contributed by atoms with Crippen molar-refractivity contribution in [2.24, 2.45) is 5.10 Å². The molecule has 0 aliphatic carbocycles.